The van der Waals surface area contributed by atoms with E-state index in [-0.39, 0.29) is 10.7 Å². The Hall–Kier alpha value is -2.28. The molecule has 0 unspecified atom stereocenters. The minimum atomic E-state index is -3.65. The molecule has 2 aromatic rings. The number of ether oxygens (including phenoxy) is 1. The van der Waals surface area contributed by atoms with Gasteiger partial charge < -0.3 is 10.5 Å². The molecule has 2 rings (SSSR count). The van der Waals surface area contributed by atoms with Crippen molar-refractivity contribution >= 4 is 21.5 Å². The van der Waals surface area contributed by atoms with E-state index in [1.807, 2.05) is 0 Å². The van der Waals surface area contributed by atoms with E-state index in [9.17, 15) is 8.42 Å². The minimum absolute atomic E-state index is 0.0880. The minimum Gasteiger partial charge on any atom is -0.497 e. The molecule has 0 spiro atoms. The van der Waals surface area contributed by atoms with E-state index < -0.39 is 10.0 Å². The second kappa shape index (κ2) is 5.38. The first-order valence-electron chi connectivity index (χ1n) is 5.79. The van der Waals surface area contributed by atoms with E-state index in [4.69, 9.17) is 10.5 Å². The van der Waals surface area contributed by atoms with Gasteiger partial charge in [0.15, 0.2) is 0 Å². The summed E-state index contributed by atoms with van der Waals surface area (Å²) in [4.78, 5) is 3.89. The summed E-state index contributed by atoms with van der Waals surface area (Å²) in [6.07, 6.45) is 1.24. The average Bonchev–Trinajstić information content (AvgIpc) is 2.47. The molecule has 0 saturated carbocycles. The van der Waals surface area contributed by atoms with E-state index in [1.165, 1.54) is 29.7 Å². The summed E-state index contributed by atoms with van der Waals surface area (Å²) in [5, 5.41) is 0. The first-order valence-corrected chi connectivity index (χ1v) is 7.23. The molecule has 0 radical (unpaired) electrons. The molecule has 0 bridgehead atoms. The molecule has 0 atom stereocenters. The highest BCUT2D eigenvalue weighted by Crippen LogP contribution is 2.24. The normalized spacial score (nSPS) is 11.1. The number of rotatable bonds is 4. The highest BCUT2D eigenvalue weighted by atomic mass is 32.2. The zero-order valence-electron chi connectivity index (χ0n) is 11.1. The zero-order valence-corrected chi connectivity index (χ0v) is 12.0. The third-order valence-corrected chi connectivity index (χ3v) is 4.62. The number of anilines is 2. The van der Waals surface area contributed by atoms with Gasteiger partial charge in [-0.2, -0.15) is 0 Å². The van der Waals surface area contributed by atoms with Crippen molar-refractivity contribution in [1.29, 1.82) is 0 Å². The van der Waals surface area contributed by atoms with Crippen LogP contribution in [0.4, 0.5) is 11.5 Å². The number of hydrogen-bond donors (Lipinski definition) is 1. The Balaban J connectivity index is 2.35. The quantitative estimate of drug-likeness (QED) is 0.923. The Bertz CT molecular complexity index is 682. The third kappa shape index (κ3) is 2.67. The lowest BCUT2D eigenvalue weighted by Gasteiger charge is -2.19. The Labute approximate surface area is 117 Å². The summed E-state index contributed by atoms with van der Waals surface area (Å²) in [7, 11) is -0.623. The van der Waals surface area contributed by atoms with Crippen LogP contribution >= 0.6 is 0 Å². The van der Waals surface area contributed by atoms with Crippen LogP contribution in [-0.2, 0) is 10.0 Å². The molecule has 0 saturated heterocycles. The van der Waals surface area contributed by atoms with E-state index >= 15 is 0 Å². The number of sulfonamides is 1. The molecule has 0 aliphatic heterocycles. The van der Waals surface area contributed by atoms with Gasteiger partial charge in [-0.15, -0.1) is 0 Å². The van der Waals surface area contributed by atoms with E-state index in [0.29, 0.717) is 11.4 Å². The van der Waals surface area contributed by atoms with Gasteiger partial charge in [0.2, 0.25) is 0 Å². The largest absolute Gasteiger partial charge is 0.497 e. The molecule has 0 amide bonds. The average molecular weight is 293 g/mol. The molecule has 0 aliphatic carbocycles. The summed E-state index contributed by atoms with van der Waals surface area (Å²) in [6, 6.07) is 9.61. The van der Waals surface area contributed by atoms with Crippen LogP contribution in [-0.4, -0.2) is 27.6 Å². The van der Waals surface area contributed by atoms with Gasteiger partial charge in [-0.3, -0.25) is 4.31 Å². The molecule has 7 heteroatoms. The second-order valence-corrected chi connectivity index (χ2v) is 6.06. The van der Waals surface area contributed by atoms with Crippen LogP contribution in [0.15, 0.2) is 47.5 Å². The van der Waals surface area contributed by atoms with Crippen molar-refractivity contribution < 1.29 is 13.2 Å². The number of nitrogen functional groups attached to an aromatic ring is 1. The lowest BCUT2D eigenvalue weighted by molar-refractivity contribution is 0.415. The molecular formula is C13H15N3O3S. The maximum atomic E-state index is 12.4. The smallest absolute Gasteiger partial charge is 0.265 e. The lowest BCUT2D eigenvalue weighted by atomic mass is 10.3. The fourth-order valence-corrected chi connectivity index (χ4v) is 2.77. The van der Waals surface area contributed by atoms with Crippen LogP contribution in [0.3, 0.4) is 0 Å². The predicted octanol–water partition coefficient (Wildman–Crippen LogP) is 1.50. The molecule has 1 heterocycles. The van der Waals surface area contributed by atoms with Crippen LogP contribution in [0, 0.1) is 0 Å². The Morgan fingerprint density at radius 1 is 1.15 bits per heavy atom. The number of pyridine rings is 1. The summed E-state index contributed by atoms with van der Waals surface area (Å²) in [6.45, 7) is 0. The van der Waals surface area contributed by atoms with E-state index in [2.05, 4.69) is 4.98 Å². The molecule has 1 aromatic carbocycles. The van der Waals surface area contributed by atoms with Crippen LogP contribution in [0.25, 0.3) is 0 Å². The van der Waals surface area contributed by atoms with E-state index in [0.717, 1.165) is 0 Å². The van der Waals surface area contributed by atoms with Gasteiger partial charge in [-0.1, -0.05) is 0 Å². The van der Waals surface area contributed by atoms with Crippen molar-refractivity contribution in [2.24, 2.45) is 0 Å². The van der Waals surface area contributed by atoms with Crippen molar-refractivity contribution in [3.8, 4) is 5.75 Å². The fraction of sp³-hybridized carbons (Fsp3) is 0.154. The molecule has 0 fully saturated rings. The van der Waals surface area contributed by atoms with Gasteiger partial charge in [-0.25, -0.2) is 13.4 Å². The SMILES string of the molecule is COc1ccc(N(C)S(=O)(=O)c2ccc(N)nc2)cc1. The maximum absolute atomic E-state index is 12.4. The predicted molar refractivity (Wildman–Crippen MR) is 77.2 cm³/mol. The van der Waals surface area contributed by atoms with Crippen molar-refractivity contribution in [2.45, 2.75) is 4.90 Å². The zero-order chi connectivity index (χ0) is 14.8. The molecule has 2 N–H and O–H groups in total. The Kier molecular flexibility index (Phi) is 3.80. The second-order valence-electron chi connectivity index (χ2n) is 4.09. The number of hydrogen-bond acceptors (Lipinski definition) is 5. The molecule has 0 aliphatic rings. The van der Waals surface area contributed by atoms with E-state index in [1.54, 1.807) is 31.4 Å². The van der Waals surface area contributed by atoms with Gasteiger partial charge in [0.25, 0.3) is 10.0 Å². The third-order valence-electron chi connectivity index (χ3n) is 2.85. The first-order chi connectivity index (χ1) is 9.45. The van der Waals surface area contributed by atoms with Crippen LogP contribution < -0.4 is 14.8 Å². The summed E-state index contributed by atoms with van der Waals surface area (Å²) < 4.78 is 31.0. The molecular weight excluding hydrogens is 278 g/mol. The maximum Gasteiger partial charge on any atom is 0.265 e. The highest BCUT2D eigenvalue weighted by Gasteiger charge is 2.21. The Morgan fingerprint density at radius 3 is 2.30 bits per heavy atom. The standard InChI is InChI=1S/C13H15N3O3S/c1-16(10-3-5-11(19-2)6-4-10)20(17,18)12-7-8-13(14)15-9-12/h3-9H,1-2H3,(H2,14,15). The first kappa shape index (κ1) is 14.1. The van der Waals surface area contributed by atoms with Crippen LogP contribution in [0.1, 0.15) is 0 Å². The lowest BCUT2D eigenvalue weighted by Crippen LogP contribution is -2.26. The van der Waals surface area contributed by atoms with Crippen molar-refractivity contribution in [2.75, 3.05) is 24.2 Å². The van der Waals surface area contributed by atoms with Crippen LogP contribution in [0.5, 0.6) is 5.75 Å². The van der Waals surface area contributed by atoms with Gasteiger partial charge in [0, 0.05) is 13.2 Å². The van der Waals surface area contributed by atoms with Gasteiger partial charge in [-0.05, 0) is 36.4 Å². The molecule has 1 aromatic heterocycles. The van der Waals surface area contributed by atoms with Crippen molar-refractivity contribution in [1.82, 2.24) is 4.98 Å². The van der Waals surface area contributed by atoms with Gasteiger partial charge in [0.05, 0.1) is 12.8 Å². The Morgan fingerprint density at radius 2 is 1.80 bits per heavy atom. The summed E-state index contributed by atoms with van der Waals surface area (Å²) in [5.74, 6) is 0.935. The molecule has 20 heavy (non-hydrogen) atoms. The van der Waals surface area contributed by atoms with Crippen molar-refractivity contribution in [3.05, 3.63) is 42.6 Å². The fourth-order valence-electron chi connectivity index (χ4n) is 1.63. The molecule has 6 nitrogen and oxygen atoms in total. The van der Waals surface area contributed by atoms with Crippen molar-refractivity contribution in [3.63, 3.8) is 0 Å². The number of aromatic nitrogens is 1. The van der Waals surface area contributed by atoms with Crippen LogP contribution in [0.2, 0.25) is 0 Å². The monoisotopic (exact) mass is 293 g/mol. The number of methoxy groups -OCH3 is 1. The highest BCUT2D eigenvalue weighted by molar-refractivity contribution is 7.92. The number of nitrogens with zero attached hydrogens (tertiary/aromatic N) is 2. The van der Waals surface area contributed by atoms with Gasteiger partial charge >= 0.3 is 0 Å². The number of benzene rings is 1. The summed E-state index contributed by atoms with van der Waals surface area (Å²) >= 11 is 0. The molecule has 106 valence electrons. The topological polar surface area (TPSA) is 85.5 Å². The number of nitrogens with two attached hydrogens (primary N) is 1. The summed E-state index contributed by atoms with van der Waals surface area (Å²) in [5.41, 5.74) is 5.99. The van der Waals surface area contributed by atoms with Gasteiger partial charge in [0.1, 0.15) is 16.5 Å².